The van der Waals surface area contributed by atoms with Crippen molar-refractivity contribution in [2.45, 2.75) is 17.5 Å². The van der Waals surface area contributed by atoms with Gasteiger partial charge in [0.05, 0.1) is 42.0 Å². The number of anilines is 2. The molecule has 3 aromatic heterocycles. The minimum Gasteiger partial charge on any atom is -0.379 e. The molecule has 0 bridgehead atoms. The van der Waals surface area contributed by atoms with Crippen molar-refractivity contribution in [1.29, 1.82) is 5.26 Å². The Labute approximate surface area is 178 Å². The van der Waals surface area contributed by atoms with Crippen molar-refractivity contribution in [3.8, 4) is 6.07 Å². The topological polar surface area (TPSA) is 146 Å². The molecule has 162 valence electrons. The molecule has 1 fully saturated rings. The molecule has 4 heterocycles. The minimum atomic E-state index is -3.65. The second-order valence-corrected chi connectivity index (χ2v) is 9.42. The van der Waals surface area contributed by atoms with E-state index in [0.29, 0.717) is 36.2 Å². The Hall–Kier alpha value is -3.27. The van der Waals surface area contributed by atoms with Crippen molar-refractivity contribution in [2.24, 2.45) is 5.92 Å². The van der Waals surface area contributed by atoms with Crippen LogP contribution in [0.4, 0.5) is 11.5 Å². The van der Waals surface area contributed by atoms with E-state index in [9.17, 15) is 18.5 Å². The highest BCUT2D eigenvalue weighted by Gasteiger charge is 2.30. The van der Waals surface area contributed by atoms with Gasteiger partial charge in [0.25, 0.3) is 15.6 Å². The van der Waals surface area contributed by atoms with E-state index in [1.54, 1.807) is 16.8 Å². The summed E-state index contributed by atoms with van der Waals surface area (Å²) in [4.78, 5) is 19.2. The molecular formula is C19H21N7O4S. The highest BCUT2D eigenvalue weighted by Crippen LogP contribution is 2.31. The molecule has 0 amide bonds. The number of aromatic amines is 1. The maximum Gasteiger partial charge on any atom is 0.261 e. The molecule has 0 aliphatic carbocycles. The highest BCUT2D eigenvalue weighted by molar-refractivity contribution is 7.89. The number of H-pyrrole nitrogens is 1. The van der Waals surface area contributed by atoms with Crippen LogP contribution in [0.25, 0.3) is 10.9 Å². The first kappa shape index (κ1) is 21.0. The van der Waals surface area contributed by atoms with Crippen LogP contribution in [0.15, 0.2) is 40.4 Å². The quantitative estimate of drug-likeness (QED) is 0.598. The Balaban J connectivity index is 1.74. The number of sulfonamides is 1. The van der Waals surface area contributed by atoms with Gasteiger partial charge in [0.15, 0.2) is 10.8 Å². The summed E-state index contributed by atoms with van der Waals surface area (Å²) in [7, 11) is -0.796. The fourth-order valence-electron chi connectivity index (χ4n) is 3.48. The van der Waals surface area contributed by atoms with Gasteiger partial charge in [0.2, 0.25) is 0 Å². The normalized spacial score (nSPS) is 19.4. The van der Waals surface area contributed by atoms with Crippen LogP contribution >= 0.6 is 0 Å². The zero-order valence-corrected chi connectivity index (χ0v) is 17.8. The molecule has 2 unspecified atom stereocenters. The Morgan fingerprint density at radius 1 is 1.35 bits per heavy atom. The van der Waals surface area contributed by atoms with Crippen LogP contribution in [-0.2, 0) is 14.8 Å². The van der Waals surface area contributed by atoms with Gasteiger partial charge in [-0.1, -0.05) is 0 Å². The summed E-state index contributed by atoms with van der Waals surface area (Å²) in [6, 6.07) is 6.62. The number of rotatable bonds is 5. The number of aromatic nitrogens is 4. The third-order valence-electron chi connectivity index (χ3n) is 5.18. The molecule has 11 nitrogen and oxygen atoms in total. The van der Waals surface area contributed by atoms with Crippen LogP contribution < -0.4 is 10.9 Å². The van der Waals surface area contributed by atoms with E-state index in [2.05, 4.69) is 26.5 Å². The Morgan fingerprint density at radius 2 is 2.16 bits per heavy atom. The van der Waals surface area contributed by atoms with Gasteiger partial charge in [-0.15, -0.1) is 0 Å². The lowest BCUT2D eigenvalue weighted by atomic mass is 9.96. The minimum absolute atomic E-state index is 0.0903. The van der Waals surface area contributed by atoms with Gasteiger partial charge >= 0.3 is 0 Å². The van der Waals surface area contributed by atoms with E-state index >= 15 is 0 Å². The molecule has 1 saturated heterocycles. The predicted molar refractivity (Wildman–Crippen MR) is 112 cm³/mol. The summed E-state index contributed by atoms with van der Waals surface area (Å²) >= 11 is 0. The monoisotopic (exact) mass is 443 g/mol. The second kappa shape index (κ2) is 8.10. The zero-order chi connectivity index (χ0) is 22.2. The number of nitrogens with zero attached hydrogens (tertiary/aromatic N) is 5. The van der Waals surface area contributed by atoms with Crippen LogP contribution in [0.3, 0.4) is 0 Å². The van der Waals surface area contributed by atoms with E-state index in [-0.39, 0.29) is 28.4 Å². The van der Waals surface area contributed by atoms with Gasteiger partial charge in [-0.2, -0.15) is 10.4 Å². The van der Waals surface area contributed by atoms with E-state index in [1.165, 1.54) is 32.6 Å². The summed E-state index contributed by atoms with van der Waals surface area (Å²) in [6.45, 7) is 0.827. The number of nitrogens with one attached hydrogen (secondary N) is 2. The van der Waals surface area contributed by atoms with E-state index in [4.69, 9.17) is 4.74 Å². The lowest BCUT2D eigenvalue weighted by molar-refractivity contribution is 0.0359. The number of nitriles is 1. The molecule has 1 aliphatic heterocycles. The molecule has 3 aromatic rings. The third-order valence-corrected chi connectivity index (χ3v) is 6.91. The number of hydrogen-bond donors (Lipinski definition) is 2. The van der Waals surface area contributed by atoms with Gasteiger partial charge < -0.3 is 15.0 Å². The highest BCUT2D eigenvalue weighted by atomic mass is 32.2. The number of pyridine rings is 2. The van der Waals surface area contributed by atoms with Crippen LogP contribution in [0.2, 0.25) is 0 Å². The first-order valence-electron chi connectivity index (χ1n) is 9.56. The smallest absolute Gasteiger partial charge is 0.261 e. The molecule has 0 spiro atoms. The van der Waals surface area contributed by atoms with Crippen molar-refractivity contribution in [3.63, 3.8) is 0 Å². The molecule has 2 N–H and O–H groups in total. The zero-order valence-electron chi connectivity index (χ0n) is 16.9. The molecule has 0 radical (unpaired) electrons. The molecule has 0 aromatic carbocycles. The number of hydrogen-bond acceptors (Lipinski definition) is 8. The first-order valence-corrected chi connectivity index (χ1v) is 11.0. The fraction of sp³-hybridized carbons (Fsp3) is 0.368. The van der Waals surface area contributed by atoms with Crippen LogP contribution in [-0.4, -0.2) is 59.8 Å². The fourth-order valence-corrected chi connectivity index (χ4v) is 4.28. The first-order chi connectivity index (χ1) is 14.8. The van der Waals surface area contributed by atoms with Crippen molar-refractivity contribution in [2.75, 3.05) is 32.6 Å². The van der Waals surface area contributed by atoms with Gasteiger partial charge in [0, 0.05) is 26.9 Å². The van der Waals surface area contributed by atoms with Gasteiger partial charge in [-0.25, -0.2) is 17.7 Å². The summed E-state index contributed by atoms with van der Waals surface area (Å²) in [5.41, 5.74) is 0.697. The molecule has 31 heavy (non-hydrogen) atoms. The van der Waals surface area contributed by atoms with E-state index in [0.717, 1.165) is 4.31 Å². The standard InChI is InChI=1S/C19H21N7O4S/c1-25(2)31(28,29)16-4-3-13(10-22-16)23-18-17-14(5-7-21-19(17)27)26(24-18)15-11-30-8-6-12(15)9-20/h3-5,7,10,12,15H,6,8,11H2,1-2H3,(H,21,27)(H,23,24). The summed E-state index contributed by atoms with van der Waals surface area (Å²) in [5.74, 6) is -0.00897. The lowest BCUT2D eigenvalue weighted by Gasteiger charge is -2.27. The number of fused-ring (bicyclic) bond motifs is 1. The van der Waals surface area contributed by atoms with Crippen molar-refractivity contribution < 1.29 is 13.2 Å². The lowest BCUT2D eigenvalue weighted by Crippen LogP contribution is -2.30. The van der Waals surface area contributed by atoms with Gasteiger partial charge in [-0.05, 0) is 24.6 Å². The molecule has 0 saturated carbocycles. The van der Waals surface area contributed by atoms with Gasteiger partial charge in [0.1, 0.15) is 5.39 Å². The molecule has 12 heteroatoms. The molecule has 1 aliphatic rings. The average molecular weight is 443 g/mol. The predicted octanol–water partition coefficient (Wildman–Crippen LogP) is 1.21. The van der Waals surface area contributed by atoms with Gasteiger partial charge in [-0.3, -0.25) is 9.48 Å². The Bertz CT molecular complexity index is 1310. The molecule has 2 atom stereocenters. The SMILES string of the molecule is CN(C)S(=O)(=O)c1ccc(Nc2nn(C3COCCC3C#N)c3cc[nH]c(=O)c23)cn1. The summed E-state index contributed by atoms with van der Waals surface area (Å²) in [5, 5.41) is 17.4. The second-order valence-electron chi connectivity index (χ2n) is 7.32. The molecular weight excluding hydrogens is 422 g/mol. The van der Waals surface area contributed by atoms with Crippen LogP contribution in [0.1, 0.15) is 12.5 Å². The molecule has 4 rings (SSSR count). The summed E-state index contributed by atoms with van der Waals surface area (Å²) < 4.78 is 32.7. The summed E-state index contributed by atoms with van der Waals surface area (Å²) in [6.07, 6.45) is 3.47. The van der Waals surface area contributed by atoms with E-state index in [1.807, 2.05) is 0 Å². The van der Waals surface area contributed by atoms with Crippen molar-refractivity contribution >= 4 is 32.4 Å². The van der Waals surface area contributed by atoms with E-state index < -0.39 is 10.0 Å². The Morgan fingerprint density at radius 3 is 2.84 bits per heavy atom. The third kappa shape index (κ3) is 3.78. The largest absolute Gasteiger partial charge is 0.379 e. The van der Waals surface area contributed by atoms with Crippen LogP contribution in [0.5, 0.6) is 0 Å². The van der Waals surface area contributed by atoms with Crippen molar-refractivity contribution in [1.82, 2.24) is 24.1 Å². The average Bonchev–Trinajstić information content (AvgIpc) is 3.13. The van der Waals surface area contributed by atoms with Crippen LogP contribution in [0, 0.1) is 17.2 Å². The maximum absolute atomic E-state index is 12.6. The maximum atomic E-state index is 12.6. The van der Waals surface area contributed by atoms with Crippen molar-refractivity contribution in [3.05, 3.63) is 40.9 Å². The Kier molecular flexibility index (Phi) is 5.48. The number of ether oxygens (including phenoxy) is 1.